The van der Waals surface area contributed by atoms with E-state index in [-0.39, 0.29) is 30.4 Å². The van der Waals surface area contributed by atoms with Gasteiger partial charge in [-0.3, -0.25) is 4.79 Å². The molecule has 6 nitrogen and oxygen atoms in total. The maximum absolute atomic E-state index is 12.5. The van der Waals surface area contributed by atoms with Gasteiger partial charge in [0.25, 0.3) is 0 Å². The van der Waals surface area contributed by atoms with E-state index in [1.807, 2.05) is 6.92 Å². The summed E-state index contributed by atoms with van der Waals surface area (Å²) in [6, 6.07) is 0.130. The first kappa shape index (κ1) is 21.7. The van der Waals surface area contributed by atoms with E-state index in [0.717, 1.165) is 51.6 Å². The van der Waals surface area contributed by atoms with Crippen LogP contribution in [0.5, 0.6) is 0 Å². The highest BCUT2D eigenvalue weighted by molar-refractivity contribution is 7.90. The average Bonchev–Trinajstić information content (AvgIpc) is 3.00. The molecule has 0 aromatic rings. The Morgan fingerprint density at radius 2 is 1.88 bits per heavy atom. The van der Waals surface area contributed by atoms with Crippen LogP contribution in [0.4, 0.5) is 0 Å². The normalized spacial score (nSPS) is 27.5. The van der Waals surface area contributed by atoms with Gasteiger partial charge < -0.3 is 10.2 Å². The minimum absolute atomic E-state index is 0. The first-order chi connectivity index (χ1) is 10.9. The molecular formula is C16H32ClN3O3S. The molecule has 1 amide bonds. The van der Waals surface area contributed by atoms with Gasteiger partial charge in [0.2, 0.25) is 15.9 Å². The van der Waals surface area contributed by atoms with Crippen molar-refractivity contribution >= 4 is 28.3 Å². The van der Waals surface area contributed by atoms with Gasteiger partial charge in [0, 0.05) is 25.2 Å². The van der Waals surface area contributed by atoms with Gasteiger partial charge in [0.05, 0.1) is 0 Å². The van der Waals surface area contributed by atoms with Crippen molar-refractivity contribution < 1.29 is 13.2 Å². The summed E-state index contributed by atoms with van der Waals surface area (Å²) < 4.78 is 27.4. The van der Waals surface area contributed by atoms with E-state index in [9.17, 15) is 13.2 Å². The van der Waals surface area contributed by atoms with Crippen molar-refractivity contribution in [3.8, 4) is 0 Å². The van der Waals surface area contributed by atoms with Crippen LogP contribution in [0.15, 0.2) is 0 Å². The van der Waals surface area contributed by atoms with Crippen LogP contribution in [0.2, 0.25) is 0 Å². The number of nitrogens with one attached hydrogen (secondary N) is 2. The number of halogens is 1. The molecule has 142 valence electrons. The minimum atomic E-state index is -3.55. The minimum Gasteiger partial charge on any atom is -0.337 e. The van der Waals surface area contributed by atoms with Crippen LogP contribution < -0.4 is 10.0 Å². The second kappa shape index (κ2) is 9.94. The Kier molecular flexibility index (Phi) is 8.98. The van der Waals surface area contributed by atoms with Crippen LogP contribution in [-0.4, -0.2) is 56.7 Å². The number of hydrogen-bond acceptors (Lipinski definition) is 4. The second-order valence-corrected chi connectivity index (χ2v) is 8.82. The molecule has 0 aromatic carbocycles. The summed E-state index contributed by atoms with van der Waals surface area (Å²) >= 11 is 0. The maximum Gasteiger partial charge on any atom is 0.239 e. The Bertz CT molecular complexity index is 487. The smallest absolute Gasteiger partial charge is 0.239 e. The SMILES string of the molecule is CCCN(C(=O)CS(=O)(=O)NC1CCC(C)CC1)C1CCNC1.Cl. The van der Waals surface area contributed by atoms with Crippen LogP contribution in [0.25, 0.3) is 0 Å². The predicted octanol–water partition coefficient (Wildman–Crippen LogP) is 1.51. The predicted molar refractivity (Wildman–Crippen MR) is 98.9 cm³/mol. The summed E-state index contributed by atoms with van der Waals surface area (Å²) in [5, 5.41) is 3.24. The van der Waals surface area contributed by atoms with Gasteiger partial charge in [-0.25, -0.2) is 13.1 Å². The van der Waals surface area contributed by atoms with Crippen LogP contribution in [0.1, 0.15) is 52.4 Å². The largest absolute Gasteiger partial charge is 0.337 e. The van der Waals surface area contributed by atoms with Crippen molar-refractivity contribution in [2.45, 2.75) is 64.5 Å². The van der Waals surface area contributed by atoms with Gasteiger partial charge in [0.15, 0.2) is 0 Å². The third kappa shape index (κ3) is 6.50. The van der Waals surface area contributed by atoms with Gasteiger partial charge in [-0.05, 0) is 51.0 Å². The molecule has 2 aliphatic rings. The van der Waals surface area contributed by atoms with Crippen molar-refractivity contribution in [2.24, 2.45) is 5.92 Å². The van der Waals surface area contributed by atoms with Crippen molar-refractivity contribution in [2.75, 3.05) is 25.4 Å². The van der Waals surface area contributed by atoms with Gasteiger partial charge in [-0.1, -0.05) is 13.8 Å². The molecule has 8 heteroatoms. The van der Waals surface area contributed by atoms with Crippen molar-refractivity contribution in [1.82, 2.24) is 14.9 Å². The lowest BCUT2D eigenvalue weighted by atomic mass is 9.88. The van der Waals surface area contributed by atoms with Gasteiger partial charge in [0.1, 0.15) is 5.75 Å². The van der Waals surface area contributed by atoms with Gasteiger partial charge in [-0.2, -0.15) is 0 Å². The topological polar surface area (TPSA) is 78.5 Å². The van der Waals surface area contributed by atoms with Crippen molar-refractivity contribution in [3.05, 3.63) is 0 Å². The third-order valence-corrected chi connectivity index (χ3v) is 6.25. The molecular weight excluding hydrogens is 350 g/mol. The number of rotatable bonds is 7. The molecule has 1 aliphatic carbocycles. The Labute approximate surface area is 152 Å². The lowest BCUT2D eigenvalue weighted by molar-refractivity contribution is -0.130. The molecule has 1 unspecified atom stereocenters. The molecule has 1 saturated carbocycles. The van der Waals surface area contributed by atoms with Gasteiger partial charge >= 0.3 is 0 Å². The molecule has 1 heterocycles. The Morgan fingerprint density at radius 1 is 1.21 bits per heavy atom. The molecule has 0 aromatic heterocycles. The molecule has 0 radical (unpaired) electrons. The third-order valence-electron chi connectivity index (χ3n) is 4.94. The Balaban J connectivity index is 0.00000288. The fourth-order valence-electron chi connectivity index (χ4n) is 3.58. The number of nitrogens with zero attached hydrogens (tertiary/aromatic N) is 1. The first-order valence-corrected chi connectivity index (χ1v) is 10.6. The lowest BCUT2D eigenvalue weighted by Gasteiger charge is -2.29. The first-order valence-electron chi connectivity index (χ1n) is 8.91. The van der Waals surface area contributed by atoms with Crippen LogP contribution in [0, 0.1) is 5.92 Å². The van der Waals surface area contributed by atoms with E-state index in [4.69, 9.17) is 0 Å². The standard InChI is InChI=1S/C16H31N3O3S.ClH/c1-3-10-19(15-8-9-17-11-15)16(20)12-23(21,22)18-14-6-4-13(2)5-7-14;/h13-15,17-18H,3-12H2,1-2H3;1H. The summed E-state index contributed by atoms with van der Waals surface area (Å²) in [5.74, 6) is -0.0141. The maximum atomic E-state index is 12.5. The monoisotopic (exact) mass is 381 g/mol. The quantitative estimate of drug-likeness (QED) is 0.700. The van der Waals surface area contributed by atoms with Crippen LogP contribution in [-0.2, 0) is 14.8 Å². The van der Waals surface area contributed by atoms with Crippen LogP contribution in [0.3, 0.4) is 0 Å². The van der Waals surface area contributed by atoms with E-state index >= 15 is 0 Å². The average molecular weight is 382 g/mol. The highest BCUT2D eigenvalue weighted by Crippen LogP contribution is 2.24. The van der Waals surface area contributed by atoms with Crippen LogP contribution >= 0.6 is 12.4 Å². The summed E-state index contributed by atoms with van der Waals surface area (Å²) in [5.41, 5.74) is 0. The number of sulfonamides is 1. The zero-order valence-corrected chi connectivity index (χ0v) is 16.4. The summed E-state index contributed by atoms with van der Waals surface area (Å²) in [6.45, 7) is 6.50. The van der Waals surface area contributed by atoms with E-state index in [0.29, 0.717) is 12.5 Å². The zero-order chi connectivity index (χ0) is 16.9. The highest BCUT2D eigenvalue weighted by atomic mass is 35.5. The number of carbonyl (C=O) groups excluding carboxylic acids is 1. The van der Waals surface area contributed by atoms with Gasteiger partial charge in [-0.15, -0.1) is 12.4 Å². The number of carbonyl (C=O) groups is 1. The fourth-order valence-corrected chi connectivity index (χ4v) is 4.89. The van der Waals surface area contributed by atoms with Crippen molar-refractivity contribution in [1.29, 1.82) is 0 Å². The molecule has 2 N–H and O–H groups in total. The van der Waals surface area contributed by atoms with E-state index in [1.165, 1.54) is 0 Å². The summed E-state index contributed by atoms with van der Waals surface area (Å²) in [4.78, 5) is 14.3. The molecule has 24 heavy (non-hydrogen) atoms. The molecule has 1 atom stereocenters. The fraction of sp³-hybridized carbons (Fsp3) is 0.938. The summed E-state index contributed by atoms with van der Waals surface area (Å²) in [7, 11) is -3.55. The molecule has 2 rings (SSSR count). The highest BCUT2D eigenvalue weighted by Gasteiger charge is 2.30. The zero-order valence-electron chi connectivity index (χ0n) is 14.8. The molecule has 1 saturated heterocycles. The molecule has 2 fully saturated rings. The van der Waals surface area contributed by atoms with E-state index < -0.39 is 15.8 Å². The molecule has 0 spiro atoms. The van der Waals surface area contributed by atoms with Crippen molar-refractivity contribution in [3.63, 3.8) is 0 Å². The number of hydrogen-bond donors (Lipinski definition) is 2. The molecule has 0 bridgehead atoms. The van der Waals surface area contributed by atoms with E-state index in [2.05, 4.69) is 17.0 Å². The Hall–Kier alpha value is -0.370. The van der Waals surface area contributed by atoms with E-state index in [1.54, 1.807) is 4.90 Å². The number of amides is 1. The lowest BCUT2D eigenvalue weighted by Crippen LogP contribution is -2.47. The summed E-state index contributed by atoms with van der Waals surface area (Å²) in [6.07, 6.45) is 5.60. The molecule has 1 aliphatic heterocycles. The Morgan fingerprint density at radius 3 is 2.42 bits per heavy atom. The second-order valence-electron chi connectivity index (χ2n) is 7.07.